The molecule has 1 heterocycles. The number of aromatic nitrogens is 4. The van der Waals surface area contributed by atoms with Crippen molar-refractivity contribution in [2.24, 2.45) is 12.1 Å². The van der Waals surface area contributed by atoms with Gasteiger partial charge in [-0.25, -0.2) is 10.1 Å². The van der Waals surface area contributed by atoms with Crippen LogP contribution in [-0.2, 0) is 7.05 Å². The summed E-state index contributed by atoms with van der Waals surface area (Å²) >= 11 is 0. The van der Waals surface area contributed by atoms with Gasteiger partial charge < -0.3 is 0 Å². The zero-order valence-electron chi connectivity index (χ0n) is 8.20. The molecule has 0 unspecified atom stereocenters. The van der Waals surface area contributed by atoms with E-state index in [-0.39, 0.29) is 0 Å². The zero-order valence-corrected chi connectivity index (χ0v) is 8.20. The lowest BCUT2D eigenvalue weighted by atomic mass is 10.2. The van der Waals surface area contributed by atoms with E-state index >= 15 is 0 Å². The summed E-state index contributed by atoms with van der Waals surface area (Å²) in [6, 6.07) is 9.77. The van der Waals surface area contributed by atoms with Crippen LogP contribution in [0.15, 0.2) is 35.4 Å². The Morgan fingerprint density at radius 3 is 2.80 bits per heavy atom. The summed E-state index contributed by atoms with van der Waals surface area (Å²) in [4.78, 5) is 0. The van der Waals surface area contributed by atoms with Crippen LogP contribution in [0.2, 0.25) is 0 Å². The molecule has 0 saturated heterocycles. The quantitative estimate of drug-likeness (QED) is 0.586. The summed E-state index contributed by atoms with van der Waals surface area (Å²) in [5, 5.41) is 14.9. The van der Waals surface area contributed by atoms with E-state index in [1.165, 1.54) is 4.68 Å². The third kappa shape index (κ3) is 2.37. The van der Waals surface area contributed by atoms with Gasteiger partial charge in [-0.05, 0) is 16.0 Å². The molecule has 76 valence electrons. The summed E-state index contributed by atoms with van der Waals surface area (Å²) in [7, 11) is 1.74. The molecule has 0 atom stereocenters. The first-order valence-corrected chi connectivity index (χ1v) is 4.43. The number of nitrogens with one attached hydrogen (secondary N) is 1. The Hall–Kier alpha value is -2.24. The van der Waals surface area contributed by atoms with Crippen LogP contribution in [0.3, 0.4) is 0 Å². The molecule has 0 radical (unpaired) electrons. The van der Waals surface area contributed by atoms with Crippen molar-refractivity contribution in [1.29, 1.82) is 0 Å². The average molecular weight is 202 g/mol. The molecule has 0 saturated carbocycles. The molecular weight excluding hydrogens is 192 g/mol. The molecule has 0 bridgehead atoms. The van der Waals surface area contributed by atoms with E-state index in [4.69, 9.17) is 0 Å². The molecule has 15 heavy (non-hydrogen) atoms. The first kappa shape index (κ1) is 9.32. The van der Waals surface area contributed by atoms with Crippen LogP contribution in [-0.4, -0.2) is 26.4 Å². The first-order valence-electron chi connectivity index (χ1n) is 4.43. The smallest absolute Gasteiger partial charge is 0.244 e. The van der Waals surface area contributed by atoms with Gasteiger partial charge in [0.15, 0.2) is 0 Å². The summed E-state index contributed by atoms with van der Waals surface area (Å²) in [5.74, 6) is 0.502. The highest BCUT2D eigenvalue weighted by Gasteiger charge is 1.96. The summed E-state index contributed by atoms with van der Waals surface area (Å²) < 4.78 is 1.50. The average Bonchev–Trinajstić information content (AvgIpc) is 2.66. The van der Waals surface area contributed by atoms with Gasteiger partial charge in [-0.2, -0.15) is 5.10 Å². The molecule has 0 fully saturated rings. The van der Waals surface area contributed by atoms with Crippen molar-refractivity contribution in [1.82, 2.24) is 20.2 Å². The fourth-order valence-corrected chi connectivity index (χ4v) is 1.03. The number of hydrogen-bond donors (Lipinski definition) is 1. The molecule has 0 amide bonds. The number of nitrogens with zero attached hydrogens (tertiary/aromatic N) is 5. The Morgan fingerprint density at radius 1 is 1.33 bits per heavy atom. The molecule has 1 aromatic carbocycles. The predicted octanol–water partition coefficient (Wildman–Crippen LogP) is 0.656. The zero-order chi connectivity index (χ0) is 10.5. The van der Waals surface area contributed by atoms with E-state index in [1.54, 1.807) is 13.3 Å². The van der Waals surface area contributed by atoms with Gasteiger partial charge in [0.05, 0.1) is 6.21 Å². The minimum Gasteiger partial charge on any atom is -0.244 e. The van der Waals surface area contributed by atoms with E-state index in [0.29, 0.717) is 5.95 Å². The highest BCUT2D eigenvalue weighted by molar-refractivity contribution is 5.79. The van der Waals surface area contributed by atoms with E-state index < -0.39 is 0 Å². The topological polar surface area (TPSA) is 68.0 Å². The van der Waals surface area contributed by atoms with Crippen LogP contribution in [0.4, 0.5) is 5.95 Å². The second-order valence-electron chi connectivity index (χ2n) is 2.91. The van der Waals surface area contributed by atoms with Gasteiger partial charge in [0.1, 0.15) is 0 Å². The van der Waals surface area contributed by atoms with Gasteiger partial charge >= 0.3 is 0 Å². The van der Waals surface area contributed by atoms with Crippen LogP contribution >= 0.6 is 0 Å². The normalized spacial score (nSPS) is 10.7. The van der Waals surface area contributed by atoms with E-state index in [0.717, 1.165) is 5.56 Å². The molecular formula is C9H10N6. The predicted molar refractivity (Wildman–Crippen MR) is 56.5 cm³/mol. The van der Waals surface area contributed by atoms with Gasteiger partial charge in [0, 0.05) is 7.05 Å². The van der Waals surface area contributed by atoms with Crippen molar-refractivity contribution in [2.75, 3.05) is 5.43 Å². The van der Waals surface area contributed by atoms with Crippen LogP contribution in [0.1, 0.15) is 5.56 Å². The first-order chi connectivity index (χ1) is 7.36. The number of anilines is 1. The minimum absolute atomic E-state index is 0.502. The maximum Gasteiger partial charge on any atom is 0.263 e. The lowest BCUT2D eigenvalue weighted by Gasteiger charge is -1.95. The van der Waals surface area contributed by atoms with Gasteiger partial charge in [-0.15, -0.1) is 0 Å². The highest BCUT2D eigenvalue weighted by atomic mass is 15.6. The molecule has 2 aromatic rings. The largest absolute Gasteiger partial charge is 0.263 e. The van der Waals surface area contributed by atoms with Gasteiger partial charge in [-0.1, -0.05) is 35.4 Å². The third-order valence-corrected chi connectivity index (χ3v) is 1.80. The van der Waals surface area contributed by atoms with Crippen LogP contribution in [0.5, 0.6) is 0 Å². The lowest BCUT2D eigenvalue weighted by Crippen LogP contribution is -1.99. The van der Waals surface area contributed by atoms with Crippen molar-refractivity contribution in [2.45, 2.75) is 0 Å². The van der Waals surface area contributed by atoms with Crippen LogP contribution in [0.25, 0.3) is 0 Å². The summed E-state index contributed by atoms with van der Waals surface area (Å²) in [6.45, 7) is 0. The Kier molecular flexibility index (Phi) is 2.68. The van der Waals surface area contributed by atoms with E-state index in [1.807, 2.05) is 30.3 Å². The Balaban J connectivity index is 2.00. The van der Waals surface area contributed by atoms with Crippen LogP contribution < -0.4 is 5.43 Å². The van der Waals surface area contributed by atoms with E-state index in [9.17, 15) is 0 Å². The molecule has 6 heteroatoms. The molecule has 0 aliphatic rings. The number of rotatable bonds is 3. The second kappa shape index (κ2) is 4.32. The van der Waals surface area contributed by atoms with Gasteiger partial charge in [0.25, 0.3) is 5.95 Å². The van der Waals surface area contributed by atoms with Crippen molar-refractivity contribution in [3.63, 3.8) is 0 Å². The van der Waals surface area contributed by atoms with Gasteiger partial charge in [-0.3, -0.25) is 0 Å². The van der Waals surface area contributed by atoms with E-state index in [2.05, 4.69) is 26.1 Å². The maximum atomic E-state index is 4.01. The summed E-state index contributed by atoms with van der Waals surface area (Å²) in [6.07, 6.45) is 1.70. The second-order valence-corrected chi connectivity index (χ2v) is 2.91. The summed E-state index contributed by atoms with van der Waals surface area (Å²) in [5.41, 5.74) is 3.75. The molecule has 0 aliphatic carbocycles. The number of hydrazone groups is 1. The number of hydrogen-bond acceptors (Lipinski definition) is 5. The van der Waals surface area contributed by atoms with Crippen LogP contribution in [0, 0.1) is 0 Å². The Morgan fingerprint density at radius 2 is 2.13 bits per heavy atom. The maximum absolute atomic E-state index is 4.01. The molecule has 0 spiro atoms. The van der Waals surface area contributed by atoms with Crippen molar-refractivity contribution < 1.29 is 0 Å². The molecule has 1 aromatic heterocycles. The molecule has 1 N–H and O–H groups in total. The Labute approximate surface area is 86.6 Å². The van der Waals surface area contributed by atoms with Gasteiger partial charge in [0.2, 0.25) is 0 Å². The Bertz CT molecular complexity index is 447. The fraction of sp³-hybridized carbons (Fsp3) is 0.111. The third-order valence-electron chi connectivity index (χ3n) is 1.80. The number of tetrazole rings is 1. The van der Waals surface area contributed by atoms with Crippen molar-refractivity contribution >= 4 is 12.2 Å². The number of aryl methyl sites for hydroxylation is 1. The molecule has 6 nitrogen and oxygen atoms in total. The monoisotopic (exact) mass is 202 g/mol. The number of benzene rings is 1. The molecule has 2 rings (SSSR count). The minimum atomic E-state index is 0.502. The fourth-order valence-electron chi connectivity index (χ4n) is 1.03. The standard InChI is InChI=1S/C9H10N6/c1-15-9(12-13-14-15)11-10-7-8-5-3-2-4-6-8/h2-7H,1H3,(H,11,12,14)/b10-7+. The molecule has 0 aliphatic heterocycles. The SMILES string of the molecule is Cn1nnnc1N/N=C/c1ccccc1. The highest BCUT2D eigenvalue weighted by Crippen LogP contribution is 1.97. The van der Waals surface area contributed by atoms with Crippen molar-refractivity contribution in [3.05, 3.63) is 35.9 Å². The lowest BCUT2D eigenvalue weighted by molar-refractivity contribution is 0.713. The van der Waals surface area contributed by atoms with Crippen molar-refractivity contribution in [3.8, 4) is 0 Å².